The second-order valence-corrected chi connectivity index (χ2v) is 8.78. The van der Waals surface area contributed by atoms with Crippen LogP contribution in [-0.4, -0.2) is 12.3 Å². The third kappa shape index (κ3) is 5.82. The van der Waals surface area contributed by atoms with E-state index in [1.54, 1.807) is 0 Å². The lowest BCUT2D eigenvalue weighted by Crippen LogP contribution is -2.12. The van der Waals surface area contributed by atoms with Crippen LogP contribution in [0.3, 0.4) is 0 Å². The number of hydrogen-bond donors (Lipinski definition) is 0. The number of nitrogens with zero attached hydrogens (tertiary/aromatic N) is 1. The summed E-state index contributed by atoms with van der Waals surface area (Å²) >= 11 is 6.35. The van der Waals surface area contributed by atoms with Gasteiger partial charge in [-0.2, -0.15) is 0 Å². The highest BCUT2D eigenvalue weighted by atomic mass is 35.5. The van der Waals surface area contributed by atoms with Gasteiger partial charge in [0.15, 0.2) is 11.5 Å². The molecule has 1 heterocycles. The minimum absolute atomic E-state index is 0.462. The molecular formula is C31H26ClNO2. The summed E-state index contributed by atoms with van der Waals surface area (Å²) in [4.78, 5) is 4.79. The van der Waals surface area contributed by atoms with E-state index >= 15 is 0 Å². The standard InChI is InChI=1S/C31H26ClNO2/c32-28-14-8-7-13-25(28)15-16-29-27-20-31(35-22-24-11-5-2-6-12-24)30(19-26(27)17-18-33-29)34-21-23-9-3-1-4-10-23/h1-16,19-20H,17-18,21-22H2. The lowest BCUT2D eigenvalue weighted by atomic mass is 9.96. The van der Waals surface area contributed by atoms with Gasteiger partial charge < -0.3 is 9.47 Å². The van der Waals surface area contributed by atoms with Gasteiger partial charge in [-0.05, 0) is 52.9 Å². The van der Waals surface area contributed by atoms with Gasteiger partial charge in [0, 0.05) is 17.1 Å². The van der Waals surface area contributed by atoms with Crippen LogP contribution in [0.5, 0.6) is 11.5 Å². The highest BCUT2D eigenvalue weighted by Crippen LogP contribution is 2.35. The number of fused-ring (bicyclic) bond motifs is 1. The molecule has 0 amide bonds. The second kappa shape index (κ2) is 11.1. The molecule has 4 aromatic rings. The molecule has 0 saturated carbocycles. The highest BCUT2D eigenvalue weighted by Gasteiger charge is 2.18. The first-order valence-corrected chi connectivity index (χ1v) is 12.1. The van der Waals surface area contributed by atoms with Crippen molar-refractivity contribution in [1.29, 1.82) is 0 Å². The van der Waals surface area contributed by atoms with Crippen molar-refractivity contribution in [3.05, 3.63) is 136 Å². The Balaban J connectivity index is 1.45. The maximum Gasteiger partial charge on any atom is 0.162 e. The van der Waals surface area contributed by atoms with E-state index in [-0.39, 0.29) is 0 Å². The van der Waals surface area contributed by atoms with Crippen LogP contribution >= 0.6 is 11.6 Å². The molecule has 174 valence electrons. The summed E-state index contributed by atoms with van der Waals surface area (Å²) in [6, 6.07) is 32.3. The molecule has 0 fully saturated rings. The van der Waals surface area contributed by atoms with Gasteiger partial charge in [0.2, 0.25) is 0 Å². The van der Waals surface area contributed by atoms with E-state index in [0.29, 0.717) is 19.0 Å². The number of hydrogen-bond acceptors (Lipinski definition) is 3. The van der Waals surface area contributed by atoms with Crippen molar-refractivity contribution in [2.45, 2.75) is 19.6 Å². The quantitative estimate of drug-likeness (QED) is 0.261. The fourth-order valence-electron chi connectivity index (χ4n) is 4.05. The average Bonchev–Trinajstić information content (AvgIpc) is 2.91. The van der Waals surface area contributed by atoms with Crippen LogP contribution in [0, 0.1) is 0 Å². The van der Waals surface area contributed by atoms with Gasteiger partial charge in [0.05, 0.1) is 5.71 Å². The normalized spacial score (nSPS) is 12.8. The van der Waals surface area contributed by atoms with Crippen LogP contribution < -0.4 is 9.47 Å². The first-order chi connectivity index (χ1) is 17.3. The van der Waals surface area contributed by atoms with E-state index in [2.05, 4.69) is 36.4 Å². The zero-order chi connectivity index (χ0) is 23.9. The topological polar surface area (TPSA) is 30.8 Å². The molecule has 4 aromatic carbocycles. The van der Waals surface area contributed by atoms with Crippen LogP contribution in [0.15, 0.2) is 108 Å². The van der Waals surface area contributed by atoms with E-state index < -0.39 is 0 Å². The molecule has 0 saturated heterocycles. The Kier molecular flexibility index (Phi) is 7.26. The molecule has 1 aliphatic heterocycles. The predicted octanol–water partition coefficient (Wildman–Crippen LogP) is 7.56. The van der Waals surface area contributed by atoms with E-state index in [9.17, 15) is 0 Å². The second-order valence-electron chi connectivity index (χ2n) is 8.38. The molecule has 0 unspecified atom stereocenters. The highest BCUT2D eigenvalue weighted by molar-refractivity contribution is 6.32. The Bertz CT molecular complexity index is 1350. The number of allylic oxidation sites excluding steroid dienone is 1. The number of aliphatic imine (C=N–C) groups is 1. The van der Waals surface area contributed by atoms with Gasteiger partial charge in [-0.1, -0.05) is 96.5 Å². The van der Waals surface area contributed by atoms with Gasteiger partial charge in [-0.3, -0.25) is 4.99 Å². The Morgan fingerprint density at radius 3 is 1.97 bits per heavy atom. The Morgan fingerprint density at radius 2 is 1.31 bits per heavy atom. The molecule has 5 rings (SSSR count). The summed E-state index contributed by atoms with van der Waals surface area (Å²) in [6.07, 6.45) is 4.91. The molecule has 4 heteroatoms. The first-order valence-electron chi connectivity index (χ1n) is 11.7. The Morgan fingerprint density at radius 1 is 0.714 bits per heavy atom. The summed E-state index contributed by atoms with van der Waals surface area (Å²) in [6.45, 7) is 1.68. The molecule has 0 aliphatic carbocycles. The van der Waals surface area contributed by atoms with E-state index in [0.717, 1.165) is 51.7 Å². The predicted molar refractivity (Wildman–Crippen MR) is 144 cm³/mol. The Labute approximate surface area is 211 Å². The molecule has 0 atom stereocenters. The minimum Gasteiger partial charge on any atom is -0.485 e. The van der Waals surface area contributed by atoms with Crippen molar-refractivity contribution in [2.24, 2.45) is 4.99 Å². The third-order valence-electron chi connectivity index (χ3n) is 5.91. The van der Waals surface area contributed by atoms with Crippen molar-refractivity contribution in [3.63, 3.8) is 0 Å². The largest absolute Gasteiger partial charge is 0.485 e. The van der Waals surface area contributed by atoms with Crippen molar-refractivity contribution >= 4 is 23.4 Å². The van der Waals surface area contributed by atoms with Crippen LogP contribution in [0.1, 0.15) is 27.8 Å². The molecular weight excluding hydrogens is 454 g/mol. The summed E-state index contributed by atoms with van der Waals surface area (Å²) in [7, 11) is 0. The van der Waals surface area contributed by atoms with Crippen molar-refractivity contribution in [1.82, 2.24) is 0 Å². The monoisotopic (exact) mass is 479 g/mol. The maximum atomic E-state index is 6.35. The van der Waals surface area contributed by atoms with E-state index in [1.165, 1.54) is 5.56 Å². The van der Waals surface area contributed by atoms with Gasteiger partial charge in [-0.25, -0.2) is 0 Å². The summed E-state index contributed by atoms with van der Waals surface area (Å²) in [5.74, 6) is 1.46. The number of benzene rings is 4. The van der Waals surface area contributed by atoms with Gasteiger partial charge in [0.25, 0.3) is 0 Å². The maximum absolute atomic E-state index is 6.35. The third-order valence-corrected chi connectivity index (χ3v) is 6.25. The molecule has 0 N–H and O–H groups in total. The van der Waals surface area contributed by atoms with Crippen LogP contribution in [0.4, 0.5) is 0 Å². The fourth-order valence-corrected chi connectivity index (χ4v) is 4.25. The zero-order valence-electron chi connectivity index (χ0n) is 19.4. The zero-order valence-corrected chi connectivity index (χ0v) is 20.1. The van der Waals surface area contributed by atoms with Crippen LogP contribution in [-0.2, 0) is 19.6 Å². The molecule has 35 heavy (non-hydrogen) atoms. The lowest BCUT2D eigenvalue weighted by molar-refractivity contribution is 0.255. The fraction of sp³-hybridized carbons (Fsp3) is 0.129. The smallest absolute Gasteiger partial charge is 0.162 e. The average molecular weight is 480 g/mol. The summed E-state index contributed by atoms with van der Waals surface area (Å²) in [5.41, 5.74) is 6.37. The van der Waals surface area contributed by atoms with Crippen LogP contribution in [0.25, 0.3) is 6.08 Å². The summed E-state index contributed by atoms with van der Waals surface area (Å²) < 4.78 is 12.5. The van der Waals surface area contributed by atoms with Crippen molar-refractivity contribution in [3.8, 4) is 11.5 Å². The minimum atomic E-state index is 0.462. The van der Waals surface area contributed by atoms with Crippen molar-refractivity contribution in [2.75, 3.05) is 6.54 Å². The van der Waals surface area contributed by atoms with Gasteiger partial charge in [-0.15, -0.1) is 0 Å². The number of halogens is 1. The molecule has 0 radical (unpaired) electrons. The van der Waals surface area contributed by atoms with Gasteiger partial charge in [0.1, 0.15) is 13.2 Å². The molecule has 0 bridgehead atoms. The molecule has 3 nitrogen and oxygen atoms in total. The molecule has 0 spiro atoms. The molecule has 1 aliphatic rings. The van der Waals surface area contributed by atoms with E-state index in [4.69, 9.17) is 26.1 Å². The van der Waals surface area contributed by atoms with Gasteiger partial charge >= 0.3 is 0 Å². The van der Waals surface area contributed by atoms with Crippen LogP contribution in [0.2, 0.25) is 5.02 Å². The number of ether oxygens (including phenoxy) is 2. The first kappa shape index (κ1) is 22.9. The molecule has 0 aromatic heterocycles. The summed E-state index contributed by atoms with van der Waals surface area (Å²) in [5, 5.41) is 0.719. The van der Waals surface area contributed by atoms with E-state index in [1.807, 2.05) is 72.8 Å². The lowest BCUT2D eigenvalue weighted by Gasteiger charge is -2.20. The SMILES string of the molecule is Clc1ccccc1C=CC1=NCCc2cc(OCc3ccccc3)c(OCc3ccccc3)cc21. The number of rotatable bonds is 8. The van der Waals surface area contributed by atoms with Crippen molar-refractivity contribution < 1.29 is 9.47 Å². The Hall–Kier alpha value is -3.82.